The number of aromatic nitrogens is 2. The lowest BCUT2D eigenvalue weighted by Crippen LogP contribution is -2.30. The first-order chi connectivity index (χ1) is 12.0. The van der Waals surface area contributed by atoms with Crippen molar-refractivity contribution in [2.75, 3.05) is 7.05 Å². The fourth-order valence-corrected chi connectivity index (χ4v) is 2.70. The minimum atomic E-state index is -0.899. The van der Waals surface area contributed by atoms with E-state index in [9.17, 15) is 14.7 Å². The maximum atomic E-state index is 12.7. The molecule has 2 aromatic carbocycles. The Balaban J connectivity index is 2.06. The molecule has 0 saturated carbocycles. The number of aliphatic hydroxyl groups is 1. The number of benzene rings is 2. The number of nitrogens with zero attached hydrogens (tertiary/aromatic N) is 2. The van der Waals surface area contributed by atoms with Crippen LogP contribution in [0.4, 0.5) is 0 Å². The van der Waals surface area contributed by atoms with E-state index in [4.69, 9.17) is 0 Å². The van der Waals surface area contributed by atoms with E-state index in [0.29, 0.717) is 16.3 Å². The average Bonchev–Trinajstić information content (AvgIpc) is 2.64. The first-order valence-electron chi connectivity index (χ1n) is 7.98. The molecule has 6 heteroatoms. The molecule has 3 aromatic rings. The van der Waals surface area contributed by atoms with Gasteiger partial charge in [-0.2, -0.15) is 5.10 Å². The van der Waals surface area contributed by atoms with E-state index in [0.717, 1.165) is 10.2 Å². The summed E-state index contributed by atoms with van der Waals surface area (Å²) in [7, 11) is 1.51. The van der Waals surface area contributed by atoms with Crippen LogP contribution in [0.15, 0.2) is 53.3 Å². The molecule has 1 unspecified atom stereocenters. The van der Waals surface area contributed by atoms with Gasteiger partial charge in [-0.25, -0.2) is 4.68 Å². The Kier molecular flexibility index (Phi) is 4.63. The third kappa shape index (κ3) is 3.29. The first kappa shape index (κ1) is 16.9. The van der Waals surface area contributed by atoms with E-state index in [1.807, 2.05) is 31.2 Å². The van der Waals surface area contributed by atoms with Gasteiger partial charge in [-0.3, -0.25) is 9.59 Å². The monoisotopic (exact) mass is 337 g/mol. The molecule has 1 aromatic heterocycles. The number of amides is 1. The van der Waals surface area contributed by atoms with Gasteiger partial charge in [-0.15, -0.1) is 0 Å². The highest BCUT2D eigenvalue weighted by molar-refractivity contribution is 6.04. The Morgan fingerprint density at radius 3 is 2.44 bits per heavy atom. The highest BCUT2D eigenvalue weighted by atomic mass is 16.3. The van der Waals surface area contributed by atoms with Gasteiger partial charge in [0.05, 0.1) is 18.0 Å². The highest BCUT2D eigenvalue weighted by Crippen LogP contribution is 2.17. The maximum absolute atomic E-state index is 12.7. The molecule has 6 nitrogen and oxygen atoms in total. The van der Waals surface area contributed by atoms with Gasteiger partial charge in [-0.05, 0) is 18.6 Å². The number of carbonyl (C=O) groups excluding carboxylic acids is 1. The number of aryl methyl sites for hydroxylation is 1. The van der Waals surface area contributed by atoms with Crippen LogP contribution in [0, 0.1) is 6.92 Å². The van der Waals surface area contributed by atoms with Crippen LogP contribution in [-0.4, -0.2) is 27.8 Å². The predicted molar refractivity (Wildman–Crippen MR) is 95.5 cm³/mol. The lowest BCUT2D eigenvalue weighted by Gasteiger charge is -2.14. The van der Waals surface area contributed by atoms with E-state index < -0.39 is 6.10 Å². The number of aliphatic hydroxyl groups excluding tert-OH is 1. The van der Waals surface area contributed by atoms with E-state index in [-0.39, 0.29) is 23.7 Å². The Morgan fingerprint density at radius 2 is 1.80 bits per heavy atom. The van der Waals surface area contributed by atoms with Crippen molar-refractivity contribution in [1.29, 1.82) is 0 Å². The summed E-state index contributed by atoms with van der Waals surface area (Å²) in [5, 5.41) is 18.1. The van der Waals surface area contributed by atoms with Crippen LogP contribution in [0.5, 0.6) is 0 Å². The fraction of sp³-hybridized carbons (Fsp3) is 0.211. The van der Waals surface area contributed by atoms with Crippen molar-refractivity contribution in [3.05, 3.63) is 75.7 Å². The smallest absolute Gasteiger partial charge is 0.274 e. The van der Waals surface area contributed by atoms with Crippen LogP contribution in [0.3, 0.4) is 0 Å². The molecule has 0 aliphatic carbocycles. The standard InChI is InChI=1S/C19H19N3O3/c1-12-7-9-13(10-8-12)16(23)11-22-19(25)15-6-4-3-5-14(15)17(21-22)18(24)20-2/h3-10,16,23H,11H2,1-2H3,(H,20,24). The Hall–Kier alpha value is -2.99. The zero-order chi connectivity index (χ0) is 18.0. The molecule has 0 radical (unpaired) electrons. The van der Waals surface area contributed by atoms with Crippen LogP contribution in [0.2, 0.25) is 0 Å². The van der Waals surface area contributed by atoms with E-state index in [1.54, 1.807) is 24.3 Å². The Morgan fingerprint density at radius 1 is 1.16 bits per heavy atom. The molecule has 0 saturated heterocycles. The van der Waals surface area contributed by atoms with Crippen molar-refractivity contribution in [2.24, 2.45) is 0 Å². The summed E-state index contributed by atoms with van der Waals surface area (Å²) < 4.78 is 1.15. The minimum Gasteiger partial charge on any atom is -0.386 e. The van der Waals surface area contributed by atoms with Gasteiger partial charge in [0.1, 0.15) is 0 Å². The number of rotatable bonds is 4. The van der Waals surface area contributed by atoms with E-state index in [2.05, 4.69) is 10.4 Å². The minimum absolute atomic E-state index is 0.0310. The van der Waals surface area contributed by atoms with Gasteiger partial charge in [0.2, 0.25) is 0 Å². The van der Waals surface area contributed by atoms with Crippen LogP contribution in [0.25, 0.3) is 10.8 Å². The second-order valence-electron chi connectivity index (χ2n) is 5.89. The third-order valence-corrected chi connectivity index (χ3v) is 4.12. The average molecular weight is 337 g/mol. The van der Waals surface area contributed by atoms with Crippen LogP contribution < -0.4 is 10.9 Å². The quantitative estimate of drug-likeness (QED) is 0.760. The van der Waals surface area contributed by atoms with Gasteiger partial charge < -0.3 is 10.4 Å². The molecule has 2 N–H and O–H groups in total. The Bertz CT molecular complexity index is 977. The molecule has 0 fully saturated rings. The van der Waals surface area contributed by atoms with Gasteiger partial charge >= 0.3 is 0 Å². The summed E-state index contributed by atoms with van der Waals surface area (Å²) in [4.78, 5) is 24.8. The van der Waals surface area contributed by atoms with Crippen molar-refractivity contribution in [3.8, 4) is 0 Å². The number of nitrogens with one attached hydrogen (secondary N) is 1. The second-order valence-corrected chi connectivity index (χ2v) is 5.89. The fourth-order valence-electron chi connectivity index (χ4n) is 2.70. The zero-order valence-corrected chi connectivity index (χ0v) is 14.1. The third-order valence-electron chi connectivity index (χ3n) is 4.12. The molecule has 3 rings (SSSR count). The summed E-state index contributed by atoms with van der Waals surface area (Å²) in [6, 6.07) is 14.2. The summed E-state index contributed by atoms with van der Waals surface area (Å²) in [5.74, 6) is -0.380. The van der Waals surface area contributed by atoms with Crippen LogP contribution in [-0.2, 0) is 6.54 Å². The lowest BCUT2D eigenvalue weighted by molar-refractivity contribution is 0.0954. The van der Waals surface area contributed by atoms with Gasteiger partial charge in [0.15, 0.2) is 5.69 Å². The SMILES string of the molecule is CNC(=O)c1nn(CC(O)c2ccc(C)cc2)c(=O)c2ccccc12. The van der Waals surface area contributed by atoms with Crippen molar-refractivity contribution in [3.63, 3.8) is 0 Å². The number of hydrogen-bond donors (Lipinski definition) is 2. The molecule has 0 spiro atoms. The van der Waals surface area contributed by atoms with Gasteiger partial charge in [0.25, 0.3) is 11.5 Å². The summed E-state index contributed by atoms with van der Waals surface area (Å²) >= 11 is 0. The molecular formula is C19H19N3O3. The van der Waals surface area contributed by atoms with Gasteiger partial charge in [0, 0.05) is 12.4 Å². The van der Waals surface area contributed by atoms with Crippen molar-refractivity contribution >= 4 is 16.7 Å². The van der Waals surface area contributed by atoms with E-state index in [1.165, 1.54) is 7.05 Å². The van der Waals surface area contributed by atoms with Crippen molar-refractivity contribution < 1.29 is 9.90 Å². The number of carbonyl (C=O) groups is 1. The molecule has 1 amide bonds. The van der Waals surface area contributed by atoms with Crippen LogP contribution >= 0.6 is 0 Å². The molecular weight excluding hydrogens is 318 g/mol. The molecule has 128 valence electrons. The van der Waals surface area contributed by atoms with Crippen molar-refractivity contribution in [1.82, 2.24) is 15.1 Å². The number of fused-ring (bicyclic) bond motifs is 1. The highest BCUT2D eigenvalue weighted by Gasteiger charge is 2.17. The molecule has 0 aliphatic heterocycles. The first-order valence-corrected chi connectivity index (χ1v) is 7.98. The van der Waals surface area contributed by atoms with Gasteiger partial charge in [-0.1, -0.05) is 48.0 Å². The van der Waals surface area contributed by atoms with E-state index >= 15 is 0 Å². The maximum Gasteiger partial charge on any atom is 0.274 e. The lowest BCUT2D eigenvalue weighted by atomic mass is 10.1. The molecule has 0 bridgehead atoms. The molecule has 0 aliphatic rings. The summed E-state index contributed by atoms with van der Waals surface area (Å²) in [5.41, 5.74) is 1.59. The van der Waals surface area contributed by atoms with Crippen molar-refractivity contribution in [2.45, 2.75) is 19.6 Å². The number of hydrogen-bond acceptors (Lipinski definition) is 4. The topological polar surface area (TPSA) is 84.2 Å². The zero-order valence-electron chi connectivity index (χ0n) is 14.1. The summed E-state index contributed by atoms with van der Waals surface area (Å²) in [6.45, 7) is 1.93. The van der Waals surface area contributed by atoms with Crippen LogP contribution in [0.1, 0.15) is 27.7 Å². The largest absolute Gasteiger partial charge is 0.386 e. The molecule has 1 atom stereocenters. The normalized spacial score (nSPS) is 12.1. The second kappa shape index (κ2) is 6.86. The predicted octanol–water partition coefficient (Wildman–Crippen LogP) is 1.80. The molecule has 1 heterocycles. The summed E-state index contributed by atoms with van der Waals surface area (Å²) in [6.07, 6.45) is -0.899. The molecule has 25 heavy (non-hydrogen) atoms. The Labute approximate surface area is 144 Å².